The van der Waals surface area contributed by atoms with Gasteiger partial charge in [-0.25, -0.2) is 4.39 Å². The average Bonchev–Trinajstić information content (AvgIpc) is 3.06. The van der Waals surface area contributed by atoms with Gasteiger partial charge in [0.1, 0.15) is 11.3 Å². The second-order valence-corrected chi connectivity index (χ2v) is 9.75. The molecule has 0 aliphatic heterocycles. The summed E-state index contributed by atoms with van der Waals surface area (Å²) in [5.74, 6) is -0.131. The fourth-order valence-electron chi connectivity index (χ4n) is 4.83. The van der Waals surface area contributed by atoms with E-state index >= 15 is 4.39 Å². The van der Waals surface area contributed by atoms with Gasteiger partial charge < -0.3 is 19.5 Å². The van der Waals surface area contributed by atoms with Gasteiger partial charge in [-0.1, -0.05) is 48.5 Å². The minimum absolute atomic E-state index is 0.0669. The molecule has 0 saturated heterocycles. The van der Waals surface area contributed by atoms with Crippen LogP contribution in [0.2, 0.25) is 0 Å². The molecule has 0 bridgehead atoms. The van der Waals surface area contributed by atoms with E-state index < -0.39 is 17.3 Å². The van der Waals surface area contributed by atoms with Gasteiger partial charge in [-0.3, -0.25) is 19.1 Å². The van der Waals surface area contributed by atoms with Crippen LogP contribution in [0.15, 0.2) is 120 Å². The van der Waals surface area contributed by atoms with Crippen LogP contribution in [0.25, 0.3) is 27.7 Å². The van der Waals surface area contributed by atoms with Gasteiger partial charge in [-0.15, -0.1) is 0 Å². The maximum Gasteiger partial charge on any atom is 0.267 e. The van der Waals surface area contributed by atoms with Gasteiger partial charge >= 0.3 is 0 Å². The second kappa shape index (κ2) is 12.1. The van der Waals surface area contributed by atoms with E-state index in [1.165, 1.54) is 37.0 Å². The third-order valence-corrected chi connectivity index (χ3v) is 7.02. The Morgan fingerprint density at radius 1 is 0.773 bits per heavy atom. The topological polar surface area (TPSA) is 91.7 Å². The van der Waals surface area contributed by atoms with E-state index in [1.807, 2.05) is 48.5 Å². The number of hydrogen-bond donors (Lipinski definition) is 1. The first-order valence-electron chi connectivity index (χ1n) is 13.6. The van der Waals surface area contributed by atoms with Crippen molar-refractivity contribution in [3.63, 3.8) is 0 Å². The van der Waals surface area contributed by atoms with E-state index in [9.17, 15) is 9.59 Å². The SMILES string of the molecule is COc1cc2nccc(Oc3ccc(NC(=O)c4cc(-c5ccccc5)cn(-c5ccccc5)c4=O)cc3F)c2cc1OC. The van der Waals surface area contributed by atoms with Crippen LogP contribution in [0, 0.1) is 5.82 Å². The molecule has 0 aliphatic rings. The number of benzene rings is 4. The first-order valence-corrected chi connectivity index (χ1v) is 13.6. The standard InChI is InChI=1S/C35H26FN3O5/c1-42-32-19-26-29(20-33(32)43-2)37-16-15-30(26)44-31-14-13-24(18-28(31)36)38-34(40)27-17-23(22-9-5-3-6-10-22)21-39(35(27)41)25-11-7-4-8-12-25/h3-21H,1-2H3,(H,38,40). The van der Waals surface area contributed by atoms with Crippen molar-refractivity contribution in [3.8, 4) is 39.8 Å². The number of carbonyl (C=O) groups excluding carboxylic acids is 1. The molecule has 8 nitrogen and oxygen atoms in total. The zero-order valence-corrected chi connectivity index (χ0v) is 23.8. The highest BCUT2D eigenvalue weighted by Crippen LogP contribution is 2.37. The van der Waals surface area contributed by atoms with E-state index in [0.717, 1.165) is 11.6 Å². The van der Waals surface area contributed by atoms with Crippen molar-refractivity contribution in [1.82, 2.24) is 9.55 Å². The van der Waals surface area contributed by atoms with Crippen LogP contribution in [0.5, 0.6) is 23.0 Å². The van der Waals surface area contributed by atoms with Crippen molar-refractivity contribution in [2.75, 3.05) is 19.5 Å². The molecule has 2 heterocycles. The lowest BCUT2D eigenvalue weighted by molar-refractivity contribution is 0.102. The summed E-state index contributed by atoms with van der Waals surface area (Å²) in [7, 11) is 3.04. The number of hydrogen-bond acceptors (Lipinski definition) is 6. The van der Waals surface area contributed by atoms with E-state index in [1.54, 1.807) is 42.7 Å². The third-order valence-electron chi connectivity index (χ3n) is 7.02. The normalized spacial score (nSPS) is 10.8. The zero-order valence-electron chi connectivity index (χ0n) is 23.8. The van der Waals surface area contributed by atoms with Crippen molar-refractivity contribution < 1.29 is 23.4 Å². The van der Waals surface area contributed by atoms with E-state index in [-0.39, 0.29) is 17.0 Å². The van der Waals surface area contributed by atoms with Crippen LogP contribution >= 0.6 is 0 Å². The van der Waals surface area contributed by atoms with Gasteiger partial charge in [0.15, 0.2) is 23.1 Å². The number of rotatable bonds is 8. The lowest BCUT2D eigenvalue weighted by Gasteiger charge is -2.14. The summed E-state index contributed by atoms with van der Waals surface area (Å²) in [5.41, 5.74) is 2.24. The first kappa shape index (κ1) is 28.2. The van der Waals surface area contributed by atoms with E-state index in [4.69, 9.17) is 14.2 Å². The van der Waals surface area contributed by atoms with Crippen LogP contribution in [0.1, 0.15) is 10.4 Å². The second-order valence-electron chi connectivity index (χ2n) is 9.75. The Morgan fingerprint density at radius 3 is 2.18 bits per heavy atom. The molecule has 0 unspecified atom stereocenters. The quantitative estimate of drug-likeness (QED) is 0.202. The number of fused-ring (bicyclic) bond motifs is 1. The Morgan fingerprint density at radius 2 is 1.48 bits per heavy atom. The molecule has 0 saturated carbocycles. The number of pyridine rings is 2. The molecule has 0 fully saturated rings. The summed E-state index contributed by atoms with van der Waals surface area (Å²) in [6, 6.07) is 29.1. The van der Waals surface area contributed by atoms with Crippen LogP contribution in [0.4, 0.5) is 10.1 Å². The monoisotopic (exact) mass is 587 g/mol. The number of amides is 1. The number of nitrogens with zero attached hydrogens (tertiary/aromatic N) is 2. The average molecular weight is 588 g/mol. The Hall–Kier alpha value is -5.96. The molecule has 0 aliphatic carbocycles. The highest BCUT2D eigenvalue weighted by molar-refractivity contribution is 6.04. The minimum Gasteiger partial charge on any atom is -0.493 e. The molecule has 218 valence electrons. The molecular weight excluding hydrogens is 561 g/mol. The van der Waals surface area contributed by atoms with Crippen LogP contribution in [-0.2, 0) is 0 Å². The predicted octanol–water partition coefficient (Wildman–Crippen LogP) is 7.25. The third kappa shape index (κ3) is 5.58. The number of methoxy groups -OCH3 is 2. The van der Waals surface area contributed by atoms with Crippen molar-refractivity contribution in [1.29, 1.82) is 0 Å². The van der Waals surface area contributed by atoms with Gasteiger partial charge in [0.2, 0.25) is 0 Å². The summed E-state index contributed by atoms with van der Waals surface area (Å²) in [6.45, 7) is 0. The molecular formula is C35H26FN3O5. The summed E-state index contributed by atoms with van der Waals surface area (Å²) >= 11 is 0. The predicted molar refractivity (Wildman–Crippen MR) is 167 cm³/mol. The molecule has 6 aromatic rings. The number of aromatic nitrogens is 2. The highest BCUT2D eigenvalue weighted by Gasteiger charge is 2.18. The maximum atomic E-state index is 15.3. The lowest BCUT2D eigenvalue weighted by Crippen LogP contribution is -2.28. The van der Waals surface area contributed by atoms with Gasteiger partial charge in [-0.2, -0.15) is 0 Å². The van der Waals surface area contributed by atoms with Crippen LogP contribution < -0.4 is 25.1 Å². The van der Waals surface area contributed by atoms with Crippen LogP contribution in [-0.4, -0.2) is 29.7 Å². The smallest absolute Gasteiger partial charge is 0.267 e. The number of halogens is 1. The Kier molecular flexibility index (Phi) is 7.75. The number of carbonyl (C=O) groups is 1. The molecule has 9 heteroatoms. The van der Waals surface area contributed by atoms with Crippen molar-refractivity contribution in [3.05, 3.63) is 137 Å². The lowest BCUT2D eigenvalue weighted by atomic mass is 10.0. The van der Waals surface area contributed by atoms with Gasteiger partial charge in [0.25, 0.3) is 11.5 Å². The summed E-state index contributed by atoms with van der Waals surface area (Å²) in [4.78, 5) is 31.3. The highest BCUT2D eigenvalue weighted by atomic mass is 19.1. The molecule has 4 aromatic carbocycles. The van der Waals surface area contributed by atoms with Gasteiger partial charge in [-0.05, 0) is 53.6 Å². The largest absolute Gasteiger partial charge is 0.493 e. The molecule has 0 atom stereocenters. The Balaban J connectivity index is 1.30. The molecule has 0 spiro atoms. The Labute approximate surface area is 251 Å². The fraction of sp³-hybridized carbons (Fsp3) is 0.0571. The minimum atomic E-state index is -0.715. The fourth-order valence-corrected chi connectivity index (χ4v) is 4.83. The summed E-state index contributed by atoms with van der Waals surface area (Å²) in [5, 5.41) is 3.25. The van der Waals surface area contributed by atoms with E-state index in [2.05, 4.69) is 10.3 Å². The molecule has 6 rings (SSSR count). The van der Waals surface area contributed by atoms with Crippen molar-refractivity contribution >= 4 is 22.5 Å². The van der Waals surface area contributed by atoms with E-state index in [0.29, 0.717) is 39.4 Å². The summed E-state index contributed by atoms with van der Waals surface area (Å²) in [6.07, 6.45) is 3.24. The zero-order chi connectivity index (χ0) is 30.6. The molecule has 2 aromatic heterocycles. The maximum absolute atomic E-state index is 15.3. The molecule has 1 amide bonds. The number of nitrogens with one attached hydrogen (secondary N) is 1. The Bertz CT molecular complexity index is 2050. The molecule has 0 radical (unpaired) electrons. The number of anilines is 1. The van der Waals surface area contributed by atoms with Gasteiger partial charge in [0.05, 0.1) is 19.7 Å². The number of ether oxygens (including phenoxy) is 3. The van der Waals surface area contributed by atoms with Gasteiger partial charge in [0, 0.05) is 41.3 Å². The number of para-hydroxylation sites is 1. The van der Waals surface area contributed by atoms with Crippen molar-refractivity contribution in [2.45, 2.75) is 0 Å². The summed E-state index contributed by atoms with van der Waals surface area (Å²) < 4.78 is 33.4. The van der Waals surface area contributed by atoms with Crippen molar-refractivity contribution in [2.24, 2.45) is 0 Å². The molecule has 1 N–H and O–H groups in total. The van der Waals surface area contributed by atoms with Crippen LogP contribution in [0.3, 0.4) is 0 Å². The first-order chi connectivity index (χ1) is 21.4. The molecule has 44 heavy (non-hydrogen) atoms.